The first-order chi connectivity index (χ1) is 9.58. The molecule has 1 saturated heterocycles. The van der Waals surface area contributed by atoms with Crippen LogP contribution in [0.25, 0.3) is 6.08 Å². The molecule has 0 aromatic heterocycles. The van der Waals surface area contributed by atoms with E-state index in [2.05, 4.69) is 5.32 Å². The SMILES string of the molecule is COc1cc(OC)c(C=C2SC(=S)NC2=S)c(OC)c1. The van der Waals surface area contributed by atoms with E-state index >= 15 is 0 Å². The predicted molar refractivity (Wildman–Crippen MR) is 90.0 cm³/mol. The summed E-state index contributed by atoms with van der Waals surface area (Å²) in [5.74, 6) is 1.96. The van der Waals surface area contributed by atoms with Crippen LogP contribution in [0.3, 0.4) is 0 Å². The van der Waals surface area contributed by atoms with Gasteiger partial charge in [-0.3, -0.25) is 0 Å². The van der Waals surface area contributed by atoms with Gasteiger partial charge < -0.3 is 19.5 Å². The minimum atomic E-state index is 0.611. The van der Waals surface area contributed by atoms with Gasteiger partial charge >= 0.3 is 0 Å². The number of rotatable bonds is 4. The van der Waals surface area contributed by atoms with Gasteiger partial charge in [-0.2, -0.15) is 0 Å². The van der Waals surface area contributed by atoms with Crippen LogP contribution in [0.1, 0.15) is 5.56 Å². The van der Waals surface area contributed by atoms with Gasteiger partial charge in [-0.05, 0) is 6.08 Å². The summed E-state index contributed by atoms with van der Waals surface area (Å²) < 4.78 is 16.6. The Kier molecular flexibility index (Phi) is 4.85. The maximum absolute atomic E-state index is 5.39. The molecule has 20 heavy (non-hydrogen) atoms. The second-order valence-electron chi connectivity index (χ2n) is 3.80. The van der Waals surface area contributed by atoms with E-state index in [4.69, 9.17) is 38.6 Å². The van der Waals surface area contributed by atoms with Crippen LogP contribution in [0.5, 0.6) is 17.2 Å². The van der Waals surface area contributed by atoms with Crippen molar-refractivity contribution in [1.82, 2.24) is 5.32 Å². The molecule has 1 N–H and O–H groups in total. The van der Waals surface area contributed by atoms with Crippen molar-refractivity contribution in [3.8, 4) is 17.2 Å². The Balaban J connectivity index is 2.52. The first-order valence-corrected chi connectivity index (χ1v) is 7.27. The first kappa shape index (κ1) is 15.1. The minimum Gasteiger partial charge on any atom is -0.496 e. The smallest absolute Gasteiger partial charge is 0.143 e. The maximum atomic E-state index is 5.39. The summed E-state index contributed by atoms with van der Waals surface area (Å²) in [6.45, 7) is 0. The predicted octanol–water partition coefficient (Wildman–Crippen LogP) is 3.00. The molecular formula is C13H13NO3S3. The highest BCUT2D eigenvalue weighted by Crippen LogP contribution is 2.38. The van der Waals surface area contributed by atoms with Crippen molar-refractivity contribution < 1.29 is 14.2 Å². The molecule has 0 radical (unpaired) electrons. The average molecular weight is 327 g/mol. The Hall–Kier alpha value is -1.31. The molecule has 1 heterocycles. The lowest BCUT2D eigenvalue weighted by atomic mass is 10.1. The quantitative estimate of drug-likeness (QED) is 0.673. The second kappa shape index (κ2) is 6.43. The lowest BCUT2D eigenvalue weighted by Gasteiger charge is -2.13. The summed E-state index contributed by atoms with van der Waals surface area (Å²) in [7, 11) is 4.79. The van der Waals surface area contributed by atoms with Crippen molar-refractivity contribution in [2.24, 2.45) is 0 Å². The van der Waals surface area contributed by atoms with Gasteiger partial charge in [0.15, 0.2) is 0 Å². The molecule has 1 aromatic rings. The summed E-state index contributed by atoms with van der Waals surface area (Å²) in [6.07, 6.45) is 1.90. The second-order valence-corrected chi connectivity index (χ2v) is 5.92. The zero-order valence-corrected chi connectivity index (χ0v) is 13.6. The number of methoxy groups -OCH3 is 3. The Bertz CT molecular complexity index is 574. The van der Waals surface area contributed by atoms with Crippen LogP contribution in [0.2, 0.25) is 0 Å². The van der Waals surface area contributed by atoms with Crippen LogP contribution in [0.15, 0.2) is 17.0 Å². The Labute approximate surface area is 132 Å². The van der Waals surface area contributed by atoms with Crippen LogP contribution in [0, 0.1) is 0 Å². The molecule has 2 rings (SSSR count). The molecule has 0 spiro atoms. The summed E-state index contributed by atoms with van der Waals surface area (Å²) in [5, 5.41) is 2.94. The monoisotopic (exact) mass is 327 g/mol. The van der Waals surface area contributed by atoms with Crippen LogP contribution in [-0.2, 0) is 0 Å². The normalized spacial score (nSPS) is 16.2. The third-order valence-corrected chi connectivity index (χ3v) is 4.30. The van der Waals surface area contributed by atoms with Gasteiger partial charge in [-0.1, -0.05) is 36.2 Å². The number of benzene rings is 1. The fraction of sp³-hybridized carbons (Fsp3) is 0.231. The van der Waals surface area contributed by atoms with Gasteiger partial charge in [-0.25, -0.2) is 0 Å². The third kappa shape index (κ3) is 3.05. The molecule has 1 aromatic carbocycles. The highest BCUT2D eigenvalue weighted by Gasteiger charge is 2.20. The van der Waals surface area contributed by atoms with Crippen molar-refractivity contribution in [3.05, 3.63) is 22.6 Å². The Morgan fingerprint density at radius 1 is 1.05 bits per heavy atom. The highest BCUT2D eigenvalue weighted by atomic mass is 32.2. The topological polar surface area (TPSA) is 39.7 Å². The third-order valence-electron chi connectivity index (χ3n) is 2.67. The standard InChI is InChI=1S/C13H13NO3S3/c1-15-7-4-9(16-2)8(10(5-7)17-3)6-11-12(18)14-13(19)20-11/h4-6H,1-3H3,(H,14,18,19). The van der Waals surface area contributed by atoms with E-state index in [1.807, 2.05) is 6.08 Å². The lowest BCUT2D eigenvalue weighted by Crippen LogP contribution is -2.15. The van der Waals surface area contributed by atoms with Crippen molar-refractivity contribution in [3.63, 3.8) is 0 Å². The fourth-order valence-electron chi connectivity index (χ4n) is 1.73. The number of thioether (sulfide) groups is 1. The molecule has 0 atom stereocenters. The molecule has 0 saturated carbocycles. The molecule has 1 aliphatic rings. The summed E-state index contributed by atoms with van der Waals surface area (Å²) in [6, 6.07) is 3.59. The molecule has 1 fully saturated rings. The number of ether oxygens (including phenoxy) is 3. The average Bonchev–Trinajstić information content (AvgIpc) is 2.76. The van der Waals surface area contributed by atoms with Gasteiger partial charge in [0, 0.05) is 12.1 Å². The van der Waals surface area contributed by atoms with Gasteiger partial charge in [0.25, 0.3) is 0 Å². The van der Waals surface area contributed by atoms with E-state index in [1.165, 1.54) is 11.8 Å². The minimum absolute atomic E-state index is 0.611. The van der Waals surface area contributed by atoms with E-state index in [0.29, 0.717) is 26.6 Å². The van der Waals surface area contributed by atoms with Crippen LogP contribution < -0.4 is 19.5 Å². The largest absolute Gasteiger partial charge is 0.496 e. The molecule has 7 heteroatoms. The van der Waals surface area contributed by atoms with Crippen molar-refractivity contribution in [1.29, 1.82) is 0 Å². The van der Waals surface area contributed by atoms with Gasteiger partial charge in [0.2, 0.25) is 0 Å². The molecule has 106 valence electrons. The Morgan fingerprint density at radius 2 is 1.65 bits per heavy atom. The highest BCUT2D eigenvalue weighted by molar-refractivity contribution is 8.27. The lowest BCUT2D eigenvalue weighted by molar-refractivity contribution is 0.374. The molecular weight excluding hydrogens is 314 g/mol. The molecule has 1 aliphatic heterocycles. The van der Waals surface area contributed by atoms with Crippen LogP contribution >= 0.6 is 36.2 Å². The van der Waals surface area contributed by atoms with E-state index in [1.54, 1.807) is 33.5 Å². The van der Waals surface area contributed by atoms with Crippen LogP contribution in [-0.4, -0.2) is 30.6 Å². The van der Waals surface area contributed by atoms with E-state index in [-0.39, 0.29) is 0 Å². The molecule has 0 unspecified atom stereocenters. The fourth-order valence-corrected chi connectivity index (χ4v) is 3.19. The first-order valence-electron chi connectivity index (χ1n) is 5.64. The van der Waals surface area contributed by atoms with Crippen molar-refractivity contribution >= 4 is 51.6 Å². The summed E-state index contributed by atoms with van der Waals surface area (Å²) in [4.78, 5) is 1.48. The summed E-state index contributed by atoms with van der Waals surface area (Å²) in [5.41, 5.74) is 0.798. The number of hydrogen-bond donors (Lipinski definition) is 1. The van der Waals surface area contributed by atoms with Crippen LogP contribution in [0.4, 0.5) is 0 Å². The number of nitrogens with one attached hydrogen (secondary N) is 1. The van der Waals surface area contributed by atoms with E-state index < -0.39 is 0 Å². The number of thiocarbonyl (C=S) groups is 2. The zero-order valence-electron chi connectivity index (χ0n) is 11.2. The molecule has 0 amide bonds. The van der Waals surface area contributed by atoms with Gasteiger partial charge in [0.05, 0.1) is 31.8 Å². The molecule has 0 aliphatic carbocycles. The molecule has 0 bridgehead atoms. The van der Waals surface area contributed by atoms with Crippen molar-refractivity contribution in [2.45, 2.75) is 0 Å². The van der Waals surface area contributed by atoms with Gasteiger partial charge in [0.1, 0.15) is 26.6 Å². The van der Waals surface area contributed by atoms with Gasteiger partial charge in [-0.15, -0.1) is 0 Å². The van der Waals surface area contributed by atoms with E-state index in [9.17, 15) is 0 Å². The number of hydrogen-bond acceptors (Lipinski definition) is 6. The summed E-state index contributed by atoms with van der Waals surface area (Å²) >= 11 is 11.7. The molecule has 4 nitrogen and oxygen atoms in total. The van der Waals surface area contributed by atoms with E-state index in [0.717, 1.165) is 10.5 Å². The van der Waals surface area contributed by atoms with Crippen molar-refractivity contribution in [2.75, 3.05) is 21.3 Å². The Morgan fingerprint density at radius 3 is 2.05 bits per heavy atom. The maximum Gasteiger partial charge on any atom is 0.143 e. The zero-order chi connectivity index (χ0) is 14.7.